The number of halogens is 3. The zero-order chi connectivity index (χ0) is 79.8. The molecule has 4 N–H and O–H groups in total. The lowest BCUT2D eigenvalue weighted by atomic mass is 10.1. The van der Waals surface area contributed by atoms with Gasteiger partial charge in [0.15, 0.2) is 34.9 Å². The topological polar surface area (TPSA) is 297 Å². The highest BCUT2D eigenvalue weighted by Crippen LogP contribution is 2.47. The van der Waals surface area contributed by atoms with Crippen molar-refractivity contribution in [2.75, 3.05) is 113 Å². The molecular weight excluding hydrogens is 1540 g/mol. The third-order valence-corrected chi connectivity index (χ3v) is 22.2. The fourth-order valence-electron chi connectivity index (χ4n) is 15.8. The van der Waals surface area contributed by atoms with Crippen LogP contribution in [0.25, 0.3) is 45.0 Å². The van der Waals surface area contributed by atoms with E-state index in [0.717, 1.165) is 132 Å². The minimum atomic E-state index is -0.426. The van der Waals surface area contributed by atoms with Gasteiger partial charge < -0.3 is 30.2 Å². The molecule has 0 saturated carbocycles. The highest BCUT2D eigenvalue weighted by Gasteiger charge is 2.46. The Morgan fingerprint density at radius 2 is 0.698 bits per heavy atom. The predicted octanol–water partition coefficient (Wildman–Crippen LogP) is 15.3. The Morgan fingerprint density at radius 3 is 1.04 bits per heavy atom. The summed E-state index contributed by atoms with van der Waals surface area (Å²) in [6.45, 7) is 16.1. The van der Waals surface area contributed by atoms with Gasteiger partial charge in [0.1, 0.15) is 23.0 Å². The first-order valence-corrected chi connectivity index (χ1v) is 39.1. The summed E-state index contributed by atoms with van der Waals surface area (Å²) in [7, 11) is 0. The molecule has 12 aromatic rings. The van der Waals surface area contributed by atoms with E-state index in [-0.39, 0.29) is 59.7 Å². The Bertz CT molecular complexity index is 4990. The van der Waals surface area contributed by atoms with Crippen molar-refractivity contribution < 1.29 is 28.0 Å². The first-order chi connectivity index (χ1) is 56.4. The van der Waals surface area contributed by atoms with E-state index in [1.807, 2.05) is 94.7 Å². The molecule has 31 heteroatoms. The summed E-state index contributed by atoms with van der Waals surface area (Å²) in [5, 5.41) is 11.6. The Kier molecular flexibility index (Phi) is 20.8. The fraction of sp³-hybridized carbons (Fsp3) is 0.247. The molecule has 4 saturated heterocycles. The van der Waals surface area contributed by atoms with E-state index in [2.05, 4.69) is 126 Å². The predicted molar refractivity (Wildman–Crippen MR) is 447 cm³/mol. The highest BCUT2D eigenvalue weighted by molar-refractivity contribution is 9.10. The van der Waals surface area contributed by atoms with Gasteiger partial charge in [-0.05, 0) is 191 Å². The molecule has 8 aliphatic rings. The van der Waals surface area contributed by atoms with E-state index < -0.39 is 11.6 Å². The number of anilines is 12. The van der Waals surface area contributed by atoms with E-state index in [1.165, 1.54) is 12.1 Å². The van der Waals surface area contributed by atoms with Gasteiger partial charge in [0.25, 0.3) is 0 Å². The second kappa shape index (κ2) is 32.1. The van der Waals surface area contributed by atoms with Crippen LogP contribution in [0, 0.1) is 46.3 Å². The summed E-state index contributed by atoms with van der Waals surface area (Å²) in [6, 6.07) is 39.4. The van der Waals surface area contributed by atoms with Crippen LogP contribution in [0.1, 0.15) is 54.0 Å². The lowest BCUT2D eigenvalue weighted by molar-refractivity contribution is 0.254. The summed E-state index contributed by atoms with van der Waals surface area (Å²) in [6.07, 6.45) is 20.1. The van der Waals surface area contributed by atoms with Crippen molar-refractivity contribution in [3.05, 3.63) is 240 Å². The number of hydrogen-bond donors (Lipinski definition) is 4. The molecule has 4 atom stereocenters. The zero-order valence-corrected chi connectivity index (χ0v) is 65.6. The van der Waals surface area contributed by atoms with Crippen LogP contribution >= 0.6 is 15.9 Å². The summed E-state index contributed by atoms with van der Waals surface area (Å²) < 4.78 is 30.7. The van der Waals surface area contributed by atoms with Crippen molar-refractivity contribution in [3.63, 3.8) is 0 Å². The molecule has 8 aliphatic heterocycles. The Balaban J connectivity index is 0.000000111. The number of hydrogen-bond acceptors (Lipinski definition) is 20. The van der Waals surface area contributed by atoms with Crippen LogP contribution in [0.2, 0.25) is 0 Å². The van der Waals surface area contributed by atoms with Crippen LogP contribution in [0.4, 0.5) is 97.0 Å². The lowest BCUT2D eigenvalue weighted by Crippen LogP contribution is -2.48. The molecule has 4 fully saturated rings. The molecule has 0 unspecified atom stereocenters. The van der Waals surface area contributed by atoms with Gasteiger partial charge in [0, 0.05) is 164 Å². The first kappa shape index (κ1) is 75.1. The van der Waals surface area contributed by atoms with Gasteiger partial charge in [-0.2, -0.15) is 0 Å². The van der Waals surface area contributed by atoms with Crippen LogP contribution < -0.4 is 60.5 Å². The quantitative estimate of drug-likeness (QED) is 0.110. The standard InChI is InChI=1S/C22H22N6O.C21H19BrN6O.2C21H19FN6O/c1-14-11-18-21(26-20(14)16-7-6-15(2)24-12-16)28(17-8-10-27(18)13-17)22(29)25-19-5-3-4-9-23-19;2*1-13-4-5-14(10-24-13)19-17(22)9-18-20(26-19)28(16-6-8-27(18)12-16)21(29)25-15-3-2-7-23-11-15;1-13-5-6-14(11-24-13)19-16(22)10-17-20(26-19)28(15-7-9-27(17)12-15)21(29)25-18-4-2-3-8-23-18/h3-7,9,11-12,17H,8,10,13H2,1-2H3,(H,23,25,29);2*2-5,7,9-11,16H,6,8,12H2,1H3,(H,25,29);2-6,8,10-11,15H,7,9,12H2,1H3,(H,23,25,29)/t17-;2*16-;15-/m0000/s1. The maximum Gasteiger partial charge on any atom is 0.329 e. The minimum Gasteiger partial charge on any atom is -0.366 e. The van der Waals surface area contributed by atoms with E-state index in [1.54, 1.807) is 124 Å². The SMILES string of the molecule is Cc1ccc(-c2nc3c(cc2Br)N2CC[C@@H](C2)N3C(=O)Nc2cccnc2)cn1.Cc1ccc(-c2nc3c(cc2C)N2CC[C@@H](C2)N3C(=O)Nc2ccccn2)cn1.Cc1ccc(-c2nc3c(cc2F)N2CC[C@@H](C2)N3C(=O)Nc2ccccn2)cn1.Cc1ccc(-c2nc3c(cc2F)N2CC[C@@H](C2)N3C(=O)Nc2cccnc2)cn1. The minimum absolute atomic E-state index is 0.0128. The molecule has 20 rings (SSSR count). The van der Waals surface area contributed by atoms with Crippen LogP contribution in [0.5, 0.6) is 0 Å². The van der Waals surface area contributed by atoms with Crippen molar-refractivity contribution >= 4 is 109 Å². The van der Waals surface area contributed by atoms with Gasteiger partial charge >= 0.3 is 24.1 Å². The van der Waals surface area contributed by atoms with Gasteiger partial charge in [0.2, 0.25) is 0 Å². The number of carbonyl (C=O) groups is 4. The second-order valence-electron chi connectivity index (χ2n) is 29.4. The molecule has 0 radical (unpaired) electrons. The molecule has 0 aromatic carbocycles. The van der Waals surface area contributed by atoms with Crippen molar-refractivity contribution in [1.82, 2.24) is 59.8 Å². The molecule has 116 heavy (non-hydrogen) atoms. The Hall–Kier alpha value is -13.6. The van der Waals surface area contributed by atoms with Gasteiger partial charge in [0.05, 0.1) is 82.1 Å². The van der Waals surface area contributed by atoms with Crippen LogP contribution in [-0.4, -0.2) is 160 Å². The van der Waals surface area contributed by atoms with Crippen LogP contribution in [0.3, 0.4) is 0 Å². The van der Waals surface area contributed by atoms with Gasteiger partial charge in [-0.3, -0.25) is 60.1 Å². The molecule has 20 heterocycles. The van der Waals surface area contributed by atoms with E-state index >= 15 is 0 Å². The van der Waals surface area contributed by atoms with E-state index in [4.69, 9.17) is 9.97 Å². The third kappa shape index (κ3) is 15.3. The number of nitrogens with zero attached hydrogens (tertiary/aromatic N) is 20. The summed E-state index contributed by atoms with van der Waals surface area (Å²) in [5.41, 5.74) is 14.2. The second-order valence-corrected chi connectivity index (χ2v) is 30.3. The van der Waals surface area contributed by atoms with Crippen molar-refractivity contribution in [3.8, 4) is 45.0 Å². The molecule has 8 amide bonds. The molecule has 28 nitrogen and oxygen atoms in total. The first-order valence-electron chi connectivity index (χ1n) is 38.3. The number of aromatic nitrogens is 12. The maximum absolute atomic E-state index is 14.9. The summed E-state index contributed by atoms with van der Waals surface area (Å²) in [5.74, 6) is 2.46. The average Bonchev–Trinajstić information content (AvgIpc) is 1.53. The van der Waals surface area contributed by atoms with Crippen LogP contribution in [-0.2, 0) is 0 Å². The van der Waals surface area contributed by atoms with Crippen molar-refractivity contribution in [2.45, 2.75) is 84.5 Å². The monoisotopic (exact) mass is 1620 g/mol. The average molecular weight is 1620 g/mol. The zero-order valence-electron chi connectivity index (χ0n) is 64.0. The number of pyridine rings is 12. The summed E-state index contributed by atoms with van der Waals surface area (Å²) >= 11 is 3.67. The number of carbonyl (C=O) groups excluding carboxylic acids is 4. The van der Waals surface area contributed by atoms with Gasteiger partial charge in [-0.1, -0.05) is 12.1 Å². The smallest absolute Gasteiger partial charge is 0.329 e. The van der Waals surface area contributed by atoms with Gasteiger partial charge in [-0.15, -0.1) is 0 Å². The number of nitrogens with one attached hydrogen (secondary N) is 4. The molecule has 0 aliphatic carbocycles. The number of amides is 8. The number of rotatable bonds is 8. The third-order valence-electron chi connectivity index (χ3n) is 21.6. The summed E-state index contributed by atoms with van der Waals surface area (Å²) in [4.78, 5) is 121. The molecular formula is C85H79BrF2N24O4. The molecule has 584 valence electrons. The Morgan fingerprint density at radius 1 is 0.362 bits per heavy atom. The molecule has 12 aromatic heterocycles. The molecule has 8 bridgehead atoms. The largest absolute Gasteiger partial charge is 0.366 e. The highest BCUT2D eigenvalue weighted by atomic mass is 79.9. The number of aryl methyl sites for hydroxylation is 5. The maximum atomic E-state index is 14.9. The normalized spacial score (nSPS) is 17.2. The van der Waals surface area contributed by atoms with Gasteiger partial charge in [-0.25, -0.2) is 57.9 Å². The van der Waals surface area contributed by atoms with E-state index in [9.17, 15) is 28.0 Å². The van der Waals surface area contributed by atoms with Crippen molar-refractivity contribution in [1.29, 1.82) is 0 Å². The fourth-order valence-corrected chi connectivity index (χ4v) is 16.4. The lowest BCUT2D eigenvalue weighted by Gasteiger charge is -2.36. The molecule has 0 spiro atoms. The van der Waals surface area contributed by atoms with Crippen LogP contribution in [0.15, 0.2) is 200 Å². The Labute approximate surface area is 675 Å². The van der Waals surface area contributed by atoms with Crippen molar-refractivity contribution in [2.24, 2.45) is 0 Å². The van der Waals surface area contributed by atoms with E-state index in [0.29, 0.717) is 81.9 Å². The number of urea groups is 4. The number of fused-ring (bicyclic) bond motifs is 16.